The van der Waals surface area contributed by atoms with Crippen LogP contribution in [0.1, 0.15) is 25.7 Å². The molecule has 0 bridgehead atoms. The molecule has 0 amide bonds. The standard InChI is InChI=1S/C11H24N2O/c1-12-7-3-4-8-13(9-10-14-2)11-5-6-11/h11-12H,3-10H2,1-2H3. The molecule has 0 spiro atoms. The number of ether oxygens (including phenoxy) is 1. The van der Waals surface area contributed by atoms with Gasteiger partial charge in [-0.2, -0.15) is 0 Å². The fraction of sp³-hybridized carbons (Fsp3) is 1.00. The molecule has 1 aliphatic rings. The first-order chi connectivity index (χ1) is 6.88. The van der Waals surface area contributed by atoms with E-state index in [1.807, 2.05) is 7.05 Å². The molecule has 0 aromatic rings. The second-order valence-electron chi connectivity index (χ2n) is 4.07. The summed E-state index contributed by atoms with van der Waals surface area (Å²) in [7, 11) is 3.80. The van der Waals surface area contributed by atoms with Crippen molar-refractivity contribution in [2.75, 3.05) is 40.4 Å². The van der Waals surface area contributed by atoms with Gasteiger partial charge in [0.05, 0.1) is 6.61 Å². The number of methoxy groups -OCH3 is 1. The Kier molecular flexibility index (Phi) is 6.15. The maximum Gasteiger partial charge on any atom is 0.0589 e. The average molecular weight is 200 g/mol. The zero-order chi connectivity index (χ0) is 10.2. The Morgan fingerprint density at radius 1 is 1.29 bits per heavy atom. The Balaban J connectivity index is 2.02. The maximum absolute atomic E-state index is 5.12. The molecular formula is C11H24N2O. The van der Waals surface area contributed by atoms with Crippen LogP contribution in [0.3, 0.4) is 0 Å². The summed E-state index contributed by atoms with van der Waals surface area (Å²) in [6.07, 6.45) is 5.39. The highest BCUT2D eigenvalue weighted by molar-refractivity contribution is 4.84. The molecule has 0 radical (unpaired) electrons. The molecule has 0 atom stereocenters. The van der Waals surface area contributed by atoms with Crippen LogP contribution in [0.4, 0.5) is 0 Å². The van der Waals surface area contributed by atoms with Crippen molar-refractivity contribution in [1.29, 1.82) is 0 Å². The van der Waals surface area contributed by atoms with Gasteiger partial charge in [-0.15, -0.1) is 0 Å². The van der Waals surface area contributed by atoms with Crippen LogP contribution in [0.25, 0.3) is 0 Å². The lowest BCUT2D eigenvalue weighted by atomic mass is 10.3. The quantitative estimate of drug-likeness (QED) is 0.564. The van der Waals surface area contributed by atoms with Gasteiger partial charge >= 0.3 is 0 Å². The van der Waals surface area contributed by atoms with Crippen LogP contribution >= 0.6 is 0 Å². The molecule has 1 rings (SSSR count). The van der Waals surface area contributed by atoms with Crippen LogP contribution in [-0.4, -0.2) is 51.3 Å². The van der Waals surface area contributed by atoms with Gasteiger partial charge < -0.3 is 10.1 Å². The molecule has 0 aromatic carbocycles. The third-order valence-electron chi connectivity index (χ3n) is 2.77. The van der Waals surface area contributed by atoms with Crippen molar-refractivity contribution in [1.82, 2.24) is 10.2 Å². The number of nitrogens with one attached hydrogen (secondary N) is 1. The Labute approximate surface area is 87.8 Å². The molecule has 14 heavy (non-hydrogen) atoms. The van der Waals surface area contributed by atoms with Gasteiger partial charge in [0, 0.05) is 19.7 Å². The highest BCUT2D eigenvalue weighted by Gasteiger charge is 2.27. The Bertz CT molecular complexity index is 137. The molecule has 1 aliphatic carbocycles. The Hall–Kier alpha value is -0.120. The van der Waals surface area contributed by atoms with E-state index < -0.39 is 0 Å². The van der Waals surface area contributed by atoms with Gasteiger partial charge in [0.1, 0.15) is 0 Å². The van der Waals surface area contributed by atoms with Crippen LogP contribution in [0.15, 0.2) is 0 Å². The molecule has 0 aliphatic heterocycles. The summed E-state index contributed by atoms with van der Waals surface area (Å²) in [5.74, 6) is 0. The summed E-state index contributed by atoms with van der Waals surface area (Å²) in [4.78, 5) is 2.58. The van der Waals surface area contributed by atoms with E-state index in [1.165, 1.54) is 32.2 Å². The topological polar surface area (TPSA) is 24.5 Å². The molecular weight excluding hydrogens is 176 g/mol. The normalized spacial score (nSPS) is 16.5. The van der Waals surface area contributed by atoms with Crippen LogP contribution in [0, 0.1) is 0 Å². The first-order valence-corrected chi connectivity index (χ1v) is 5.76. The van der Waals surface area contributed by atoms with Crippen molar-refractivity contribution in [3.05, 3.63) is 0 Å². The minimum absolute atomic E-state index is 0.875. The van der Waals surface area contributed by atoms with Crippen molar-refractivity contribution in [2.24, 2.45) is 0 Å². The van der Waals surface area contributed by atoms with Crippen molar-refractivity contribution in [3.8, 4) is 0 Å². The number of hydrogen-bond donors (Lipinski definition) is 1. The van der Waals surface area contributed by atoms with E-state index in [4.69, 9.17) is 4.74 Å². The average Bonchev–Trinajstić information content (AvgIpc) is 3.00. The predicted molar refractivity (Wildman–Crippen MR) is 59.6 cm³/mol. The van der Waals surface area contributed by atoms with E-state index in [9.17, 15) is 0 Å². The SMILES string of the molecule is CNCCCCN(CCOC)C1CC1. The van der Waals surface area contributed by atoms with Crippen molar-refractivity contribution >= 4 is 0 Å². The molecule has 3 heteroatoms. The van der Waals surface area contributed by atoms with Crippen molar-refractivity contribution in [3.63, 3.8) is 0 Å². The van der Waals surface area contributed by atoms with Crippen LogP contribution in [0.2, 0.25) is 0 Å². The van der Waals surface area contributed by atoms with Crippen LogP contribution in [0.5, 0.6) is 0 Å². The molecule has 0 aromatic heterocycles. The summed E-state index contributed by atoms with van der Waals surface area (Å²) in [5, 5.41) is 3.19. The van der Waals surface area contributed by atoms with Crippen molar-refractivity contribution in [2.45, 2.75) is 31.7 Å². The number of nitrogens with zero attached hydrogens (tertiary/aromatic N) is 1. The van der Waals surface area contributed by atoms with Gasteiger partial charge in [0.25, 0.3) is 0 Å². The number of rotatable bonds is 9. The van der Waals surface area contributed by atoms with Gasteiger partial charge in [-0.3, -0.25) is 4.90 Å². The largest absolute Gasteiger partial charge is 0.383 e. The number of hydrogen-bond acceptors (Lipinski definition) is 3. The lowest BCUT2D eigenvalue weighted by Gasteiger charge is -2.21. The lowest BCUT2D eigenvalue weighted by molar-refractivity contribution is 0.142. The number of unbranched alkanes of at least 4 members (excludes halogenated alkanes) is 1. The summed E-state index contributed by atoms with van der Waals surface area (Å²) in [6.45, 7) is 4.38. The lowest BCUT2D eigenvalue weighted by Crippen LogP contribution is -2.31. The van der Waals surface area contributed by atoms with E-state index >= 15 is 0 Å². The van der Waals surface area contributed by atoms with E-state index in [1.54, 1.807) is 7.11 Å². The van der Waals surface area contributed by atoms with Gasteiger partial charge in [0.2, 0.25) is 0 Å². The Morgan fingerprint density at radius 3 is 2.64 bits per heavy atom. The highest BCUT2D eigenvalue weighted by Crippen LogP contribution is 2.26. The molecule has 3 nitrogen and oxygen atoms in total. The zero-order valence-corrected chi connectivity index (χ0v) is 9.59. The monoisotopic (exact) mass is 200 g/mol. The van der Waals surface area contributed by atoms with E-state index in [0.717, 1.165) is 25.7 Å². The van der Waals surface area contributed by atoms with Gasteiger partial charge in [0.15, 0.2) is 0 Å². The fourth-order valence-electron chi connectivity index (χ4n) is 1.74. The van der Waals surface area contributed by atoms with E-state index in [0.29, 0.717) is 0 Å². The molecule has 84 valence electrons. The fourth-order valence-corrected chi connectivity index (χ4v) is 1.74. The third-order valence-corrected chi connectivity index (χ3v) is 2.77. The van der Waals surface area contributed by atoms with Gasteiger partial charge in [-0.1, -0.05) is 0 Å². The first-order valence-electron chi connectivity index (χ1n) is 5.76. The third kappa shape index (κ3) is 4.94. The summed E-state index contributed by atoms with van der Waals surface area (Å²) in [6, 6.07) is 0.875. The first kappa shape index (κ1) is 12.0. The molecule has 1 saturated carbocycles. The second-order valence-corrected chi connectivity index (χ2v) is 4.07. The zero-order valence-electron chi connectivity index (χ0n) is 9.59. The molecule has 0 saturated heterocycles. The van der Waals surface area contributed by atoms with E-state index in [2.05, 4.69) is 10.2 Å². The highest BCUT2D eigenvalue weighted by atomic mass is 16.5. The minimum Gasteiger partial charge on any atom is -0.383 e. The van der Waals surface area contributed by atoms with Crippen LogP contribution < -0.4 is 5.32 Å². The Morgan fingerprint density at radius 2 is 2.07 bits per heavy atom. The molecule has 0 unspecified atom stereocenters. The van der Waals surface area contributed by atoms with Gasteiger partial charge in [-0.05, 0) is 45.8 Å². The van der Waals surface area contributed by atoms with Crippen molar-refractivity contribution < 1.29 is 4.74 Å². The molecule has 0 heterocycles. The maximum atomic E-state index is 5.12. The summed E-state index contributed by atoms with van der Waals surface area (Å²) in [5.41, 5.74) is 0. The molecule has 1 N–H and O–H groups in total. The predicted octanol–water partition coefficient (Wildman–Crippen LogP) is 1.10. The van der Waals surface area contributed by atoms with Gasteiger partial charge in [-0.25, -0.2) is 0 Å². The minimum atomic E-state index is 0.875. The molecule has 1 fully saturated rings. The smallest absolute Gasteiger partial charge is 0.0589 e. The summed E-state index contributed by atoms with van der Waals surface area (Å²) >= 11 is 0. The second kappa shape index (κ2) is 7.21. The van der Waals surface area contributed by atoms with E-state index in [-0.39, 0.29) is 0 Å². The van der Waals surface area contributed by atoms with Crippen LogP contribution in [-0.2, 0) is 4.74 Å². The summed E-state index contributed by atoms with van der Waals surface area (Å²) < 4.78 is 5.12.